The molecule has 8 heteroatoms. The molecule has 1 aliphatic rings. The second kappa shape index (κ2) is 5.91. The smallest absolute Gasteiger partial charge is 0.330 e. The number of aromatic nitrogens is 3. The molecule has 0 N–H and O–H groups in total. The minimum atomic E-state index is -0.464. The summed E-state index contributed by atoms with van der Waals surface area (Å²) in [6.07, 6.45) is 0.829. The van der Waals surface area contributed by atoms with E-state index in [0.717, 1.165) is 11.0 Å². The van der Waals surface area contributed by atoms with Crippen LogP contribution < -0.4 is 11.2 Å². The number of thiophene rings is 1. The average Bonchev–Trinajstić information content (AvgIpc) is 3.13. The van der Waals surface area contributed by atoms with Crippen molar-refractivity contribution in [3.05, 3.63) is 60.6 Å². The Morgan fingerprint density at radius 1 is 1.19 bits per heavy atom. The number of amides is 1. The SMILES string of the molecule is CC1c2ccsc2CCN1C(=O)c1ccc2c(=O)n(C)c(=O)n(C)c2n1. The van der Waals surface area contributed by atoms with Gasteiger partial charge in [-0.2, -0.15) is 0 Å². The van der Waals surface area contributed by atoms with E-state index < -0.39 is 11.2 Å². The molecule has 4 heterocycles. The fourth-order valence-electron chi connectivity index (χ4n) is 3.51. The van der Waals surface area contributed by atoms with Crippen molar-refractivity contribution in [3.8, 4) is 0 Å². The standard InChI is InChI=1S/C18H18N4O3S/c1-10-11-7-9-26-14(11)6-8-22(10)17(24)13-5-4-12-15(19-13)20(2)18(25)21(3)16(12)23/h4-5,7,9-10H,6,8H2,1-3H3. The first-order chi connectivity index (χ1) is 12.4. The van der Waals surface area contributed by atoms with Gasteiger partial charge >= 0.3 is 5.69 Å². The van der Waals surface area contributed by atoms with E-state index >= 15 is 0 Å². The van der Waals surface area contributed by atoms with Crippen LogP contribution in [0.3, 0.4) is 0 Å². The van der Waals surface area contributed by atoms with Crippen LogP contribution in [0.4, 0.5) is 0 Å². The molecule has 0 aliphatic carbocycles. The Hall–Kier alpha value is -2.74. The van der Waals surface area contributed by atoms with Crippen LogP contribution in [0, 0.1) is 0 Å². The number of nitrogens with zero attached hydrogens (tertiary/aromatic N) is 4. The minimum absolute atomic E-state index is 0.0255. The van der Waals surface area contributed by atoms with Gasteiger partial charge in [0.1, 0.15) is 11.3 Å². The summed E-state index contributed by atoms with van der Waals surface area (Å²) in [5.41, 5.74) is 0.769. The summed E-state index contributed by atoms with van der Waals surface area (Å²) in [5.74, 6) is -0.190. The minimum Gasteiger partial charge on any atom is -0.330 e. The van der Waals surface area contributed by atoms with E-state index in [0.29, 0.717) is 11.9 Å². The molecule has 0 bridgehead atoms. The third kappa shape index (κ3) is 2.33. The molecule has 0 fully saturated rings. The maximum absolute atomic E-state index is 13.0. The van der Waals surface area contributed by atoms with Gasteiger partial charge < -0.3 is 4.90 Å². The first-order valence-electron chi connectivity index (χ1n) is 8.34. The topological polar surface area (TPSA) is 77.2 Å². The van der Waals surface area contributed by atoms with Crippen LogP contribution in [0.5, 0.6) is 0 Å². The molecular weight excluding hydrogens is 352 g/mol. The monoisotopic (exact) mass is 370 g/mol. The Morgan fingerprint density at radius 3 is 2.73 bits per heavy atom. The number of fused-ring (bicyclic) bond motifs is 2. The van der Waals surface area contributed by atoms with Crippen molar-refractivity contribution in [2.24, 2.45) is 14.1 Å². The Balaban J connectivity index is 1.79. The van der Waals surface area contributed by atoms with Gasteiger partial charge in [-0.1, -0.05) is 0 Å². The molecule has 0 saturated carbocycles. The summed E-state index contributed by atoms with van der Waals surface area (Å²) in [6, 6.07) is 5.17. The molecule has 0 aromatic carbocycles. The molecule has 1 amide bonds. The molecule has 7 nitrogen and oxygen atoms in total. The lowest BCUT2D eigenvalue weighted by atomic mass is 10.0. The molecule has 4 rings (SSSR count). The molecule has 3 aromatic rings. The molecule has 0 saturated heterocycles. The second-order valence-electron chi connectivity index (χ2n) is 6.50. The molecule has 134 valence electrons. The molecule has 26 heavy (non-hydrogen) atoms. The lowest BCUT2D eigenvalue weighted by Gasteiger charge is -2.33. The van der Waals surface area contributed by atoms with Gasteiger partial charge in [0, 0.05) is 25.5 Å². The lowest BCUT2D eigenvalue weighted by molar-refractivity contribution is 0.0673. The fourth-order valence-corrected chi connectivity index (χ4v) is 4.47. The number of aryl methyl sites for hydroxylation is 1. The summed E-state index contributed by atoms with van der Waals surface area (Å²) in [7, 11) is 2.98. The van der Waals surface area contributed by atoms with Crippen molar-refractivity contribution in [1.82, 2.24) is 19.0 Å². The van der Waals surface area contributed by atoms with E-state index in [4.69, 9.17) is 0 Å². The van der Waals surface area contributed by atoms with Gasteiger partial charge in [0.25, 0.3) is 11.5 Å². The maximum Gasteiger partial charge on any atom is 0.332 e. The Kier molecular flexibility index (Phi) is 3.80. The van der Waals surface area contributed by atoms with E-state index in [2.05, 4.69) is 16.4 Å². The van der Waals surface area contributed by atoms with Gasteiger partial charge in [0.2, 0.25) is 0 Å². The first-order valence-corrected chi connectivity index (χ1v) is 9.22. The molecule has 1 atom stereocenters. The van der Waals surface area contributed by atoms with Crippen molar-refractivity contribution in [1.29, 1.82) is 0 Å². The van der Waals surface area contributed by atoms with E-state index in [-0.39, 0.29) is 23.3 Å². The molecule has 0 spiro atoms. The highest BCUT2D eigenvalue weighted by Crippen LogP contribution is 2.33. The molecule has 3 aromatic heterocycles. The Bertz CT molecular complexity index is 1160. The fraction of sp³-hybridized carbons (Fsp3) is 0.333. The number of pyridine rings is 1. The zero-order valence-electron chi connectivity index (χ0n) is 14.7. The number of rotatable bonds is 1. The number of carbonyl (C=O) groups excluding carboxylic acids is 1. The predicted octanol–water partition coefficient (Wildman–Crippen LogP) is 1.45. The van der Waals surface area contributed by atoms with Crippen molar-refractivity contribution in [2.45, 2.75) is 19.4 Å². The van der Waals surface area contributed by atoms with E-state index in [1.807, 2.05) is 6.92 Å². The number of hydrogen-bond acceptors (Lipinski definition) is 5. The van der Waals surface area contributed by atoms with E-state index in [1.165, 1.54) is 22.1 Å². The first kappa shape index (κ1) is 16.7. The van der Waals surface area contributed by atoms with E-state index in [1.54, 1.807) is 35.4 Å². The Labute approximate surface area is 153 Å². The number of hydrogen-bond donors (Lipinski definition) is 0. The largest absolute Gasteiger partial charge is 0.332 e. The van der Waals surface area contributed by atoms with Crippen LogP contribution in [-0.4, -0.2) is 31.5 Å². The summed E-state index contributed by atoms with van der Waals surface area (Å²) >= 11 is 1.72. The van der Waals surface area contributed by atoms with Crippen LogP contribution in [-0.2, 0) is 20.5 Å². The third-order valence-electron chi connectivity index (χ3n) is 5.06. The van der Waals surface area contributed by atoms with Gasteiger partial charge in [0.15, 0.2) is 0 Å². The Morgan fingerprint density at radius 2 is 1.96 bits per heavy atom. The summed E-state index contributed by atoms with van der Waals surface area (Å²) in [4.78, 5) is 44.9. The highest BCUT2D eigenvalue weighted by molar-refractivity contribution is 7.10. The highest BCUT2D eigenvalue weighted by Gasteiger charge is 2.30. The van der Waals surface area contributed by atoms with Crippen molar-refractivity contribution in [3.63, 3.8) is 0 Å². The second-order valence-corrected chi connectivity index (χ2v) is 7.50. The van der Waals surface area contributed by atoms with Gasteiger partial charge in [-0.3, -0.25) is 18.7 Å². The summed E-state index contributed by atoms with van der Waals surface area (Å²) in [6.45, 7) is 2.64. The van der Waals surface area contributed by atoms with Crippen molar-refractivity contribution < 1.29 is 4.79 Å². The lowest BCUT2D eigenvalue weighted by Crippen LogP contribution is -2.39. The van der Waals surface area contributed by atoms with Crippen molar-refractivity contribution >= 4 is 28.3 Å². The van der Waals surface area contributed by atoms with Crippen LogP contribution >= 0.6 is 11.3 Å². The zero-order valence-corrected chi connectivity index (χ0v) is 15.5. The molecule has 1 unspecified atom stereocenters. The van der Waals surface area contributed by atoms with Crippen LogP contribution in [0.15, 0.2) is 33.2 Å². The normalized spacial score (nSPS) is 16.7. The third-order valence-corrected chi connectivity index (χ3v) is 6.06. The summed E-state index contributed by atoms with van der Waals surface area (Å²) in [5, 5.41) is 2.37. The molecule has 0 radical (unpaired) electrons. The van der Waals surface area contributed by atoms with Crippen LogP contribution in [0.1, 0.15) is 33.9 Å². The molecular formula is C18H18N4O3S. The molecule has 1 aliphatic heterocycles. The predicted molar refractivity (Wildman–Crippen MR) is 99.7 cm³/mol. The summed E-state index contributed by atoms with van der Waals surface area (Å²) < 4.78 is 2.33. The number of carbonyl (C=O) groups is 1. The quantitative estimate of drug-likeness (QED) is 0.650. The average molecular weight is 370 g/mol. The van der Waals surface area contributed by atoms with Crippen LogP contribution in [0.25, 0.3) is 11.0 Å². The van der Waals surface area contributed by atoms with Gasteiger partial charge in [-0.25, -0.2) is 9.78 Å². The van der Waals surface area contributed by atoms with Crippen LogP contribution in [0.2, 0.25) is 0 Å². The van der Waals surface area contributed by atoms with Gasteiger partial charge in [0.05, 0.1) is 11.4 Å². The maximum atomic E-state index is 13.0. The van der Waals surface area contributed by atoms with E-state index in [9.17, 15) is 14.4 Å². The van der Waals surface area contributed by atoms with Crippen molar-refractivity contribution in [2.75, 3.05) is 6.54 Å². The highest BCUT2D eigenvalue weighted by atomic mass is 32.1. The van der Waals surface area contributed by atoms with Gasteiger partial charge in [-0.15, -0.1) is 11.3 Å². The van der Waals surface area contributed by atoms with Gasteiger partial charge in [-0.05, 0) is 42.5 Å². The zero-order chi connectivity index (χ0) is 18.6.